The molecule has 106 valence electrons. The monoisotopic (exact) mass is 302 g/mol. The van der Waals surface area contributed by atoms with Crippen LogP contribution in [-0.4, -0.2) is 29.9 Å². The highest BCUT2D eigenvalue weighted by atomic mass is 35.5. The van der Waals surface area contributed by atoms with Crippen molar-refractivity contribution in [2.75, 3.05) is 13.1 Å². The van der Waals surface area contributed by atoms with Crippen LogP contribution in [0.3, 0.4) is 0 Å². The van der Waals surface area contributed by atoms with E-state index in [9.17, 15) is 4.79 Å². The third kappa shape index (κ3) is 5.01. The second-order valence-electron chi connectivity index (χ2n) is 4.84. The Morgan fingerprint density at radius 3 is 2.42 bits per heavy atom. The van der Waals surface area contributed by atoms with E-state index in [1.165, 1.54) is 0 Å². The van der Waals surface area contributed by atoms with Crippen LogP contribution in [0.25, 0.3) is 0 Å². The maximum absolute atomic E-state index is 12.0. The van der Waals surface area contributed by atoms with Crippen LogP contribution in [0.2, 0.25) is 5.02 Å². The Bertz CT molecular complexity index is 400. The number of carbonyl (C=O) groups excluding carboxylic acids is 1. The number of amides is 1. The fourth-order valence-electron chi connectivity index (χ4n) is 2.21. The second kappa shape index (κ2) is 7.73. The van der Waals surface area contributed by atoms with Crippen molar-refractivity contribution >= 4 is 29.9 Å². The average molecular weight is 303 g/mol. The molecule has 1 saturated heterocycles. The molecule has 1 amide bonds. The number of aryl methyl sites for hydroxylation is 1. The van der Waals surface area contributed by atoms with E-state index in [-0.39, 0.29) is 24.4 Å². The Morgan fingerprint density at radius 2 is 1.84 bits per heavy atom. The number of rotatable bonds is 3. The van der Waals surface area contributed by atoms with Gasteiger partial charge in [0.1, 0.15) is 0 Å². The molecule has 2 rings (SSSR count). The Kier molecular flexibility index (Phi) is 6.63. The first-order chi connectivity index (χ1) is 8.65. The molecular formula is C14H20Cl2N2O. The molecule has 5 heteroatoms. The maximum atomic E-state index is 12.0. The summed E-state index contributed by atoms with van der Waals surface area (Å²) >= 11 is 5.82. The Balaban J connectivity index is 0.00000180. The molecule has 2 N–H and O–H groups in total. The van der Waals surface area contributed by atoms with Crippen molar-refractivity contribution in [1.82, 2.24) is 4.90 Å². The quantitative estimate of drug-likeness (QED) is 0.933. The lowest BCUT2D eigenvalue weighted by Crippen LogP contribution is -2.42. The molecule has 1 heterocycles. The largest absolute Gasteiger partial charge is 0.343 e. The minimum atomic E-state index is 0. The number of carbonyl (C=O) groups is 1. The predicted octanol–water partition coefficient (Wildman–Crippen LogP) is 2.64. The molecule has 1 aliphatic heterocycles. The number of benzene rings is 1. The zero-order valence-corrected chi connectivity index (χ0v) is 12.4. The molecule has 1 aromatic carbocycles. The highest BCUT2D eigenvalue weighted by molar-refractivity contribution is 6.30. The molecule has 1 aliphatic rings. The van der Waals surface area contributed by atoms with Crippen LogP contribution in [0, 0.1) is 0 Å². The van der Waals surface area contributed by atoms with Gasteiger partial charge in [-0.1, -0.05) is 23.7 Å². The predicted molar refractivity (Wildman–Crippen MR) is 80.8 cm³/mol. The fourth-order valence-corrected chi connectivity index (χ4v) is 2.34. The van der Waals surface area contributed by atoms with E-state index in [0.29, 0.717) is 6.42 Å². The van der Waals surface area contributed by atoms with Gasteiger partial charge in [0.05, 0.1) is 0 Å². The Labute approximate surface area is 125 Å². The summed E-state index contributed by atoms with van der Waals surface area (Å²) in [6, 6.07) is 7.94. The van der Waals surface area contributed by atoms with Crippen LogP contribution < -0.4 is 5.73 Å². The summed E-state index contributed by atoms with van der Waals surface area (Å²) in [4.78, 5) is 13.9. The molecular weight excluding hydrogens is 283 g/mol. The molecule has 19 heavy (non-hydrogen) atoms. The topological polar surface area (TPSA) is 46.3 Å². The Morgan fingerprint density at radius 1 is 1.26 bits per heavy atom. The average Bonchev–Trinajstić information content (AvgIpc) is 2.38. The molecule has 0 unspecified atom stereocenters. The molecule has 0 atom stereocenters. The minimum Gasteiger partial charge on any atom is -0.343 e. The van der Waals surface area contributed by atoms with Gasteiger partial charge in [-0.2, -0.15) is 0 Å². The van der Waals surface area contributed by atoms with Gasteiger partial charge in [0.15, 0.2) is 0 Å². The molecule has 1 fully saturated rings. The first kappa shape index (κ1) is 16.3. The molecule has 0 aromatic heterocycles. The highest BCUT2D eigenvalue weighted by Crippen LogP contribution is 2.13. The normalized spacial score (nSPS) is 16.0. The van der Waals surface area contributed by atoms with Gasteiger partial charge in [-0.15, -0.1) is 12.4 Å². The number of nitrogens with two attached hydrogens (primary N) is 1. The van der Waals surface area contributed by atoms with Crippen molar-refractivity contribution in [3.8, 4) is 0 Å². The zero-order chi connectivity index (χ0) is 13.0. The van der Waals surface area contributed by atoms with Gasteiger partial charge in [0, 0.05) is 30.6 Å². The van der Waals surface area contributed by atoms with Crippen LogP contribution in [0.4, 0.5) is 0 Å². The molecule has 0 spiro atoms. The maximum Gasteiger partial charge on any atom is 0.222 e. The van der Waals surface area contributed by atoms with Gasteiger partial charge in [-0.25, -0.2) is 0 Å². The molecule has 0 bridgehead atoms. The van der Waals surface area contributed by atoms with Crippen molar-refractivity contribution in [2.45, 2.75) is 31.7 Å². The first-order valence-corrected chi connectivity index (χ1v) is 6.81. The van der Waals surface area contributed by atoms with Crippen LogP contribution in [0.15, 0.2) is 24.3 Å². The van der Waals surface area contributed by atoms with Gasteiger partial charge in [-0.3, -0.25) is 4.79 Å². The van der Waals surface area contributed by atoms with Crippen LogP contribution in [0.1, 0.15) is 24.8 Å². The summed E-state index contributed by atoms with van der Waals surface area (Å²) < 4.78 is 0. The molecule has 0 radical (unpaired) electrons. The summed E-state index contributed by atoms with van der Waals surface area (Å²) in [6.45, 7) is 1.61. The smallest absolute Gasteiger partial charge is 0.222 e. The number of piperidine rings is 1. The van der Waals surface area contributed by atoms with E-state index in [2.05, 4.69) is 0 Å². The molecule has 0 aliphatic carbocycles. The second-order valence-corrected chi connectivity index (χ2v) is 5.28. The third-order valence-corrected chi connectivity index (χ3v) is 3.69. The molecule has 1 aromatic rings. The van der Waals surface area contributed by atoms with Crippen LogP contribution >= 0.6 is 24.0 Å². The van der Waals surface area contributed by atoms with Crippen LogP contribution in [0.5, 0.6) is 0 Å². The third-order valence-electron chi connectivity index (χ3n) is 3.43. The van der Waals surface area contributed by atoms with E-state index < -0.39 is 0 Å². The van der Waals surface area contributed by atoms with Crippen molar-refractivity contribution in [3.05, 3.63) is 34.9 Å². The van der Waals surface area contributed by atoms with Crippen molar-refractivity contribution in [3.63, 3.8) is 0 Å². The van der Waals surface area contributed by atoms with Crippen LogP contribution in [-0.2, 0) is 11.2 Å². The highest BCUT2D eigenvalue weighted by Gasteiger charge is 2.19. The lowest BCUT2D eigenvalue weighted by molar-refractivity contribution is -0.132. The van der Waals surface area contributed by atoms with E-state index in [1.54, 1.807) is 0 Å². The number of hydrogen-bond donors (Lipinski definition) is 1. The summed E-state index contributed by atoms with van der Waals surface area (Å²) in [5.41, 5.74) is 6.98. The van der Waals surface area contributed by atoms with Gasteiger partial charge in [0.2, 0.25) is 5.91 Å². The van der Waals surface area contributed by atoms with Gasteiger partial charge in [-0.05, 0) is 37.0 Å². The SMILES string of the molecule is Cl.NC1CCN(C(=O)CCc2ccc(Cl)cc2)CC1. The van der Waals surface area contributed by atoms with E-state index in [0.717, 1.165) is 42.9 Å². The summed E-state index contributed by atoms with van der Waals surface area (Å²) in [5, 5.41) is 0.732. The number of halogens is 2. The summed E-state index contributed by atoms with van der Waals surface area (Å²) in [5.74, 6) is 0.233. The lowest BCUT2D eigenvalue weighted by Gasteiger charge is -2.30. The lowest BCUT2D eigenvalue weighted by atomic mass is 10.0. The Hall–Kier alpha value is -0.770. The molecule has 3 nitrogen and oxygen atoms in total. The van der Waals surface area contributed by atoms with E-state index in [4.69, 9.17) is 17.3 Å². The fraction of sp³-hybridized carbons (Fsp3) is 0.500. The standard InChI is InChI=1S/C14H19ClN2O.ClH/c15-12-4-1-11(2-5-12)3-6-14(18)17-9-7-13(16)8-10-17;/h1-2,4-5,13H,3,6-10,16H2;1H. The molecule has 0 saturated carbocycles. The summed E-state index contributed by atoms with van der Waals surface area (Å²) in [6.07, 6.45) is 3.19. The first-order valence-electron chi connectivity index (χ1n) is 6.43. The minimum absolute atomic E-state index is 0. The zero-order valence-electron chi connectivity index (χ0n) is 10.8. The van der Waals surface area contributed by atoms with Crippen molar-refractivity contribution in [2.24, 2.45) is 5.73 Å². The summed E-state index contributed by atoms with van der Waals surface area (Å²) in [7, 11) is 0. The van der Waals surface area contributed by atoms with Gasteiger partial charge < -0.3 is 10.6 Å². The number of nitrogens with zero attached hydrogens (tertiary/aromatic N) is 1. The van der Waals surface area contributed by atoms with E-state index >= 15 is 0 Å². The van der Waals surface area contributed by atoms with Crippen molar-refractivity contribution < 1.29 is 4.79 Å². The van der Waals surface area contributed by atoms with Crippen molar-refractivity contribution in [1.29, 1.82) is 0 Å². The van der Waals surface area contributed by atoms with Gasteiger partial charge >= 0.3 is 0 Å². The number of hydrogen-bond acceptors (Lipinski definition) is 2. The number of likely N-dealkylation sites (tertiary alicyclic amines) is 1. The van der Waals surface area contributed by atoms with E-state index in [1.807, 2.05) is 29.2 Å². The van der Waals surface area contributed by atoms with Gasteiger partial charge in [0.25, 0.3) is 0 Å².